The van der Waals surface area contributed by atoms with Gasteiger partial charge in [0.1, 0.15) is 0 Å². The highest BCUT2D eigenvalue weighted by Gasteiger charge is 2.21. The molecule has 2 heteroatoms. The van der Waals surface area contributed by atoms with Crippen molar-refractivity contribution in [1.29, 1.82) is 0 Å². The highest BCUT2D eigenvalue weighted by molar-refractivity contribution is 4.74. The summed E-state index contributed by atoms with van der Waals surface area (Å²) in [6.07, 6.45) is 3.88. The summed E-state index contributed by atoms with van der Waals surface area (Å²) in [4.78, 5) is 0. The first-order valence-corrected chi connectivity index (χ1v) is 4.97. The zero-order chi connectivity index (χ0) is 9.03. The van der Waals surface area contributed by atoms with Crippen molar-refractivity contribution in [1.82, 2.24) is 5.32 Å². The minimum absolute atomic E-state index is 0.226. The maximum Gasteiger partial charge on any atom is 0.0969 e. The highest BCUT2D eigenvalue weighted by Crippen LogP contribution is 2.28. The summed E-state index contributed by atoms with van der Waals surface area (Å²) in [6.45, 7) is 8.25. The molecule has 0 saturated heterocycles. The standard InChI is InChI=1S/C10H21NO/c1-4-10(2,3)11-8-12-7-9-5-6-9/h9,11H,4-8H2,1-3H3. The van der Waals surface area contributed by atoms with Crippen LogP contribution in [0.4, 0.5) is 0 Å². The Kier molecular flexibility index (Phi) is 3.53. The first kappa shape index (κ1) is 10.0. The lowest BCUT2D eigenvalue weighted by Gasteiger charge is -2.24. The van der Waals surface area contributed by atoms with E-state index in [0.29, 0.717) is 6.73 Å². The van der Waals surface area contributed by atoms with E-state index in [-0.39, 0.29) is 5.54 Å². The van der Waals surface area contributed by atoms with Crippen LogP contribution in [0.2, 0.25) is 0 Å². The van der Waals surface area contributed by atoms with Gasteiger partial charge in [0, 0.05) is 5.54 Å². The fraction of sp³-hybridized carbons (Fsp3) is 1.00. The van der Waals surface area contributed by atoms with Crippen LogP contribution in [0.25, 0.3) is 0 Å². The SMILES string of the molecule is CCC(C)(C)NCOCC1CC1. The van der Waals surface area contributed by atoms with E-state index in [4.69, 9.17) is 4.74 Å². The van der Waals surface area contributed by atoms with Crippen LogP contribution < -0.4 is 5.32 Å². The maximum absolute atomic E-state index is 5.48. The van der Waals surface area contributed by atoms with Crippen molar-refractivity contribution in [2.45, 2.75) is 45.6 Å². The van der Waals surface area contributed by atoms with Gasteiger partial charge >= 0.3 is 0 Å². The second-order valence-electron chi connectivity index (χ2n) is 4.37. The van der Waals surface area contributed by atoms with Gasteiger partial charge in [-0.3, -0.25) is 5.32 Å². The molecule has 0 aliphatic heterocycles. The van der Waals surface area contributed by atoms with Crippen molar-refractivity contribution < 1.29 is 4.74 Å². The van der Waals surface area contributed by atoms with E-state index in [1.807, 2.05) is 0 Å². The van der Waals surface area contributed by atoms with Gasteiger partial charge in [0.25, 0.3) is 0 Å². The lowest BCUT2D eigenvalue weighted by molar-refractivity contribution is 0.0870. The summed E-state index contributed by atoms with van der Waals surface area (Å²) in [6, 6.07) is 0. The monoisotopic (exact) mass is 171 g/mol. The van der Waals surface area contributed by atoms with E-state index in [2.05, 4.69) is 26.1 Å². The molecule has 1 fully saturated rings. The van der Waals surface area contributed by atoms with Gasteiger partial charge in [0.15, 0.2) is 0 Å². The van der Waals surface area contributed by atoms with Crippen LogP contribution in [0.5, 0.6) is 0 Å². The molecule has 0 amide bonds. The zero-order valence-electron chi connectivity index (χ0n) is 8.52. The van der Waals surface area contributed by atoms with Crippen LogP contribution >= 0.6 is 0 Å². The largest absolute Gasteiger partial charge is 0.366 e. The molecule has 1 aliphatic carbocycles. The quantitative estimate of drug-likeness (QED) is 0.488. The second kappa shape index (κ2) is 4.24. The maximum atomic E-state index is 5.48. The molecule has 0 bridgehead atoms. The molecule has 1 aliphatic rings. The Morgan fingerprint density at radius 2 is 2.08 bits per heavy atom. The minimum Gasteiger partial charge on any atom is -0.366 e. The molecule has 1 rings (SSSR count). The summed E-state index contributed by atoms with van der Waals surface area (Å²) >= 11 is 0. The van der Waals surface area contributed by atoms with Crippen molar-refractivity contribution >= 4 is 0 Å². The normalized spacial score (nSPS) is 18.2. The Morgan fingerprint density at radius 1 is 1.42 bits per heavy atom. The minimum atomic E-state index is 0.226. The van der Waals surface area contributed by atoms with Gasteiger partial charge in [-0.1, -0.05) is 6.92 Å². The van der Waals surface area contributed by atoms with Gasteiger partial charge in [0.2, 0.25) is 0 Å². The molecule has 0 aromatic rings. The van der Waals surface area contributed by atoms with Crippen molar-refractivity contribution in [3.63, 3.8) is 0 Å². The first-order chi connectivity index (χ1) is 5.64. The fourth-order valence-electron chi connectivity index (χ4n) is 0.882. The summed E-state index contributed by atoms with van der Waals surface area (Å²) in [5, 5.41) is 3.37. The molecular formula is C10H21NO. The summed E-state index contributed by atoms with van der Waals surface area (Å²) in [7, 11) is 0. The molecule has 0 aromatic carbocycles. The molecular weight excluding hydrogens is 150 g/mol. The average Bonchev–Trinajstić information content (AvgIpc) is 2.82. The van der Waals surface area contributed by atoms with Crippen LogP contribution in [0, 0.1) is 5.92 Å². The first-order valence-electron chi connectivity index (χ1n) is 4.97. The smallest absolute Gasteiger partial charge is 0.0969 e. The fourth-order valence-corrected chi connectivity index (χ4v) is 0.882. The van der Waals surface area contributed by atoms with Crippen LogP contribution in [0.3, 0.4) is 0 Å². The summed E-state index contributed by atoms with van der Waals surface area (Å²) in [5.41, 5.74) is 0.226. The summed E-state index contributed by atoms with van der Waals surface area (Å²) < 4.78 is 5.48. The third kappa shape index (κ3) is 4.07. The third-order valence-electron chi connectivity index (χ3n) is 2.59. The molecule has 1 N–H and O–H groups in total. The molecule has 0 spiro atoms. The lowest BCUT2D eigenvalue weighted by Crippen LogP contribution is -2.39. The number of nitrogens with one attached hydrogen (secondary N) is 1. The van der Waals surface area contributed by atoms with E-state index in [1.165, 1.54) is 12.8 Å². The molecule has 72 valence electrons. The van der Waals surface area contributed by atoms with E-state index in [1.54, 1.807) is 0 Å². The molecule has 12 heavy (non-hydrogen) atoms. The predicted octanol–water partition coefficient (Wildman–Crippen LogP) is 2.15. The lowest BCUT2D eigenvalue weighted by atomic mass is 10.0. The number of hydrogen-bond donors (Lipinski definition) is 1. The molecule has 0 atom stereocenters. The van der Waals surface area contributed by atoms with Gasteiger partial charge in [-0.2, -0.15) is 0 Å². The molecule has 0 aromatic heterocycles. The zero-order valence-corrected chi connectivity index (χ0v) is 8.52. The number of ether oxygens (including phenoxy) is 1. The van der Waals surface area contributed by atoms with Gasteiger partial charge in [-0.05, 0) is 39.0 Å². The van der Waals surface area contributed by atoms with Crippen molar-refractivity contribution in [3.8, 4) is 0 Å². The van der Waals surface area contributed by atoms with Crippen LogP contribution in [-0.4, -0.2) is 18.9 Å². The van der Waals surface area contributed by atoms with Crippen molar-refractivity contribution in [2.75, 3.05) is 13.3 Å². The summed E-state index contributed by atoms with van der Waals surface area (Å²) in [5.74, 6) is 0.872. The van der Waals surface area contributed by atoms with E-state index in [0.717, 1.165) is 18.9 Å². The highest BCUT2D eigenvalue weighted by atomic mass is 16.5. The van der Waals surface area contributed by atoms with Crippen LogP contribution in [0.15, 0.2) is 0 Å². The van der Waals surface area contributed by atoms with E-state index < -0.39 is 0 Å². The van der Waals surface area contributed by atoms with Gasteiger partial charge in [0.05, 0.1) is 13.3 Å². The molecule has 0 radical (unpaired) electrons. The van der Waals surface area contributed by atoms with Crippen molar-refractivity contribution in [2.24, 2.45) is 5.92 Å². The van der Waals surface area contributed by atoms with Gasteiger partial charge < -0.3 is 4.74 Å². The molecule has 0 unspecified atom stereocenters. The van der Waals surface area contributed by atoms with Crippen LogP contribution in [-0.2, 0) is 4.74 Å². The Labute approximate surface area is 75.7 Å². The molecule has 2 nitrogen and oxygen atoms in total. The topological polar surface area (TPSA) is 21.3 Å². The Balaban J connectivity index is 1.92. The van der Waals surface area contributed by atoms with Crippen molar-refractivity contribution in [3.05, 3.63) is 0 Å². The Bertz CT molecular complexity index is 130. The Hall–Kier alpha value is -0.0800. The van der Waals surface area contributed by atoms with E-state index in [9.17, 15) is 0 Å². The second-order valence-corrected chi connectivity index (χ2v) is 4.37. The number of rotatable bonds is 6. The third-order valence-corrected chi connectivity index (χ3v) is 2.59. The average molecular weight is 171 g/mol. The van der Waals surface area contributed by atoms with E-state index >= 15 is 0 Å². The van der Waals surface area contributed by atoms with Gasteiger partial charge in [-0.15, -0.1) is 0 Å². The molecule has 0 heterocycles. The predicted molar refractivity (Wildman–Crippen MR) is 51.0 cm³/mol. The van der Waals surface area contributed by atoms with Crippen LogP contribution in [0.1, 0.15) is 40.0 Å². The van der Waals surface area contributed by atoms with Gasteiger partial charge in [-0.25, -0.2) is 0 Å². The Morgan fingerprint density at radius 3 is 2.58 bits per heavy atom. The molecule has 1 saturated carbocycles. The number of hydrogen-bond acceptors (Lipinski definition) is 2.